The monoisotopic (exact) mass is 437 g/mol. The normalized spacial score (nSPS) is 16.5. The van der Waals surface area contributed by atoms with E-state index in [0.717, 1.165) is 17.0 Å². The maximum Gasteiger partial charge on any atom is 0.418 e. The molecule has 11 heteroatoms. The molecule has 0 spiro atoms. The molecule has 3 rings (SSSR count). The lowest BCUT2D eigenvalue weighted by Gasteiger charge is -2.31. The third kappa shape index (κ3) is 4.39. The minimum atomic E-state index is -4.69. The third-order valence-electron chi connectivity index (χ3n) is 4.61. The van der Waals surface area contributed by atoms with Gasteiger partial charge in [0.1, 0.15) is 5.92 Å². The van der Waals surface area contributed by atoms with Crippen molar-refractivity contribution in [1.82, 2.24) is 5.32 Å². The largest absolute Gasteiger partial charge is 0.493 e. The Balaban J connectivity index is 1.87. The van der Waals surface area contributed by atoms with Gasteiger partial charge in [-0.25, -0.2) is 9.69 Å². The summed E-state index contributed by atoms with van der Waals surface area (Å²) < 4.78 is 49.8. The van der Waals surface area contributed by atoms with Gasteiger partial charge in [-0.2, -0.15) is 13.2 Å². The van der Waals surface area contributed by atoms with Crippen LogP contribution in [0.3, 0.4) is 0 Å². The highest BCUT2D eigenvalue weighted by atomic mass is 19.4. The Kier molecular flexibility index (Phi) is 6.04. The Morgan fingerprint density at radius 1 is 1.10 bits per heavy atom. The first-order valence-electron chi connectivity index (χ1n) is 8.98. The number of halogens is 3. The number of hydrogen-bond acceptors (Lipinski definition) is 5. The first kappa shape index (κ1) is 21.9. The van der Waals surface area contributed by atoms with Crippen LogP contribution in [0.1, 0.15) is 5.56 Å². The lowest BCUT2D eigenvalue weighted by atomic mass is 10.0. The van der Waals surface area contributed by atoms with Gasteiger partial charge in [-0.1, -0.05) is 12.1 Å². The van der Waals surface area contributed by atoms with E-state index in [9.17, 15) is 27.6 Å². The summed E-state index contributed by atoms with van der Waals surface area (Å²) in [6, 6.07) is 7.88. The summed E-state index contributed by atoms with van der Waals surface area (Å²) in [6.45, 7) is -0.360. The van der Waals surface area contributed by atoms with E-state index in [1.165, 1.54) is 44.6 Å². The summed E-state index contributed by atoms with van der Waals surface area (Å²) in [4.78, 5) is 38.6. The van der Waals surface area contributed by atoms with Crippen molar-refractivity contribution in [2.45, 2.75) is 6.18 Å². The van der Waals surface area contributed by atoms with Crippen LogP contribution in [0.2, 0.25) is 0 Å². The van der Waals surface area contributed by atoms with E-state index < -0.39 is 41.2 Å². The second kappa shape index (κ2) is 8.54. The van der Waals surface area contributed by atoms with Crippen LogP contribution < -0.4 is 25.0 Å². The SMILES string of the molecule is COc1ccc(N2C(=O)NCC(C(=O)Nc3ccccc3C(F)(F)F)C2=O)cc1OC. The molecule has 2 N–H and O–H groups in total. The van der Waals surface area contributed by atoms with Crippen LogP contribution in [0, 0.1) is 5.92 Å². The molecule has 0 saturated carbocycles. The number of alkyl halides is 3. The molecule has 1 unspecified atom stereocenters. The van der Waals surface area contributed by atoms with Crippen molar-refractivity contribution in [3.8, 4) is 11.5 Å². The van der Waals surface area contributed by atoms with E-state index in [-0.39, 0.29) is 18.0 Å². The lowest BCUT2D eigenvalue weighted by Crippen LogP contribution is -2.58. The number of para-hydroxylation sites is 1. The number of nitrogens with zero attached hydrogens (tertiary/aromatic N) is 1. The van der Waals surface area contributed by atoms with Gasteiger partial charge in [0, 0.05) is 12.6 Å². The van der Waals surface area contributed by atoms with Gasteiger partial charge in [0.15, 0.2) is 11.5 Å². The standard InChI is InChI=1S/C20H18F3N3O5/c1-30-15-8-7-11(9-16(15)31-2)26-18(28)12(10-24-19(26)29)17(27)25-14-6-4-3-5-13(14)20(21,22)23/h3-9,12H,10H2,1-2H3,(H,24,29)(H,25,27). The number of hydrogen-bond donors (Lipinski definition) is 2. The van der Waals surface area contributed by atoms with E-state index >= 15 is 0 Å². The summed E-state index contributed by atoms with van der Waals surface area (Å²) in [5.41, 5.74) is -1.43. The molecule has 2 aromatic carbocycles. The van der Waals surface area contributed by atoms with Gasteiger partial charge in [-0.05, 0) is 24.3 Å². The molecule has 0 aromatic heterocycles. The number of nitrogens with one attached hydrogen (secondary N) is 2. The highest BCUT2D eigenvalue weighted by Crippen LogP contribution is 2.35. The molecule has 4 amide bonds. The molecular weight excluding hydrogens is 419 g/mol. The number of amides is 4. The van der Waals surface area contributed by atoms with Crippen LogP contribution in [-0.4, -0.2) is 38.6 Å². The van der Waals surface area contributed by atoms with Crippen LogP contribution in [0.25, 0.3) is 0 Å². The molecule has 1 aliphatic heterocycles. The predicted octanol–water partition coefficient (Wildman–Crippen LogP) is 3.03. The van der Waals surface area contributed by atoms with E-state index in [0.29, 0.717) is 5.75 Å². The Hall–Kier alpha value is -3.76. The van der Waals surface area contributed by atoms with Crippen molar-refractivity contribution in [2.75, 3.05) is 31.0 Å². The van der Waals surface area contributed by atoms with Crippen molar-refractivity contribution in [3.05, 3.63) is 48.0 Å². The Labute approximate surface area is 174 Å². The maximum absolute atomic E-state index is 13.2. The third-order valence-corrected chi connectivity index (χ3v) is 4.61. The average Bonchev–Trinajstić information content (AvgIpc) is 2.73. The van der Waals surface area contributed by atoms with Crippen molar-refractivity contribution in [3.63, 3.8) is 0 Å². The average molecular weight is 437 g/mol. The van der Waals surface area contributed by atoms with Crippen LogP contribution in [0.5, 0.6) is 11.5 Å². The molecule has 1 atom stereocenters. The Bertz CT molecular complexity index is 1030. The van der Waals surface area contributed by atoms with E-state index in [1.807, 2.05) is 0 Å². The second-order valence-corrected chi connectivity index (χ2v) is 6.48. The van der Waals surface area contributed by atoms with Gasteiger partial charge in [-0.3, -0.25) is 9.59 Å². The van der Waals surface area contributed by atoms with E-state index in [2.05, 4.69) is 10.6 Å². The van der Waals surface area contributed by atoms with Gasteiger partial charge < -0.3 is 20.1 Å². The van der Waals surface area contributed by atoms with E-state index in [1.54, 1.807) is 0 Å². The minimum absolute atomic E-state index is 0.105. The number of urea groups is 1. The molecule has 1 aliphatic rings. The van der Waals surface area contributed by atoms with Gasteiger partial charge in [0.25, 0.3) is 0 Å². The van der Waals surface area contributed by atoms with Crippen LogP contribution in [0.15, 0.2) is 42.5 Å². The number of methoxy groups -OCH3 is 2. The van der Waals surface area contributed by atoms with Crippen molar-refractivity contribution >= 4 is 29.2 Å². The molecule has 1 fully saturated rings. The van der Waals surface area contributed by atoms with Crippen LogP contribution in [0.4, 0.5) is 29.3 Å². The quantitative estimate of drug-likeness (QED) is 0.701. The van der Waals surface area contributed by atoms with Crippen LogP contribution in [-0.2, 0) is 15.8 Å². The first-order valence-corrected chi connectivity index (χ1v) is 8.98. The summed E-state index contributed by atoms with van der Waals surface area (Å²) in [5, 5.41) is 4.54. The Morgan fingerprint density at radius 2 is 1.77 bits per heavy atom. The van der Waals surface area contributed by atoms with Gasteiger partial charge in [-0.15, -0.1) is 0 Å². The molecule has 0 radical (unpaired) electrons. The molecule has 31 heavy (non-hydrogen) atoms. The molecule has 164 valence electrons. The molecular formula is C20H18F3N3O5. The zero-order chi connectivity index (χ0) is 22.8. The van der Waals surface area contributed by atoms with Crippen molar-refractivity contribution in [1.29, 1.82) is 0 Å². The molecule has 1 heterocycles. The summed E-state index contributed by atoms with van der Waals surface area (Å²) in [5.74, 6) is -2.71. The van der Waals surface area contributed by atoms with Crippen LogP contribution >= 0.6 is 0 Å². The number of benzene rings is 2. The highest BCUT2D eigenvalue weighted by Gasteiger charge is 2.41. The molecule has 0 aliphatic carbocycles. The lowest BCUT2D eigenvalue weighted by molar-refractivity contribution is -0.137. The summed E-state index contributed by atoms with van der Waals surface area (Å²) in [6.07, 6.45) is -4.69. The van der Waals surface area contributed by atoms with E-state index in [4.69, 9.17) is 9.47 Å². The zero-order valence-electron chi connectivity index (χ0n) is 16.4. The van der Waals surface area contributed by atoms with Crippen molar-refractivity contribution in [2.24, 2.45) is 5.92 Å². The number of carbonyl (C=O) groups excluding carboxylic acids is 3. The van der Waals surface area contributed by atoms with Crippen molar-refractivity contribution < 1.29 is 37.0 Å². The topological polar surface area (TPSA) is 97.0 Å². The summed E-state index contributed by atoms with van der Waals surface area (Å²) in [7, 11) is 2.78. The summed E-state index contributed by atoms with van der Waals surface area (Å²) >= 11 is 0. The zero-order valence-corrected chi connectivity index (χ0v) is 16.4. The number of rotatable bonds is 5. The number of ether oxygens (including phenoxy) is 2. The fourth-order valence-corrected chi connectivity index (χ4v) is 3.08. The highest BCUT2D eigenvalue weighted by molar-refractivity contribution is 6.23. The maximum atomic E-state index is 13.2. The minimum Gasteiger partial charge on any atom is -0.493 e. The first-order chi connectivity index (χ1) is 14.7. The second-order valence-electron chi connectivity index (χ2n) is 6.48. The van der Waals surface area contributed by atoms with Gasteiger partial charge in [0.05, 0.1) is 31.2 Å². The number of carbonyl (C=O) groups is 3. The molecule has 8 nitrogen and oxygen atoms in total. The number of imide groups is 1. The smallest absolute Gasteiger partial charge is 0.418 e. The van der Waals surface area contributed by atoms with Gasteiger partial charge >= 0.3 is 12.2 Å². The number of anilines is 2. The predicted molar refractivity (Wildman–Crippen MR) is 104 cm³/mol. The van der Waals surface area contributed by atoms with Gasteiger partial charge in [0.2, 0.25) is 11.8 Å². The molecule has 2 aromatic rings. The molecule has 0 bridgehead atoms. The Morgan fingerprint density at radius 3 is 2.42 bits per heavy atom. The molecule has 1 saturated heterocycles. The fourth-order valence-electron chi connectivity index (χ4n) is 3.08. The fraction of sp³-hybridized carbons (Fsp3) is 0.250.